The fourth-order valence-corrected chi connectivity index (χ4v) is 2.88. The van der Waals surface area contributed by atoms with Gasteiger partial charge in [0.25, 0.3) is 0 Å². The van der Waals surface area contributed by atoms with E-state index in [0.29, 0.717) is 6.54 Å². The summed E-state index contributed by atoms with van der Waals surface area (Å²) in [5.74, 6) is 0.633. The van der Waals surface area contributed by atoms with Crippen LogP contribution in [0.2, 0.25) is 0 Å². The molecule has 0 radical (unpaired) electrons. The summed E-state index contributed by atoms with van der Waals surface area (Å²) in [4.78, 5) is 5.47. The zero-order valence-corrected chi connectivity index (χ0v) is 11.6. The second-order valence-electron chi connectivity index (χ2n) is 4.54. The Bertz CT molecular complexity index is 691. The highest BCUT2D eigenvalue weighted by Gasteiger charge is 2.12. The van der Waals surface area contributed by atoms with Gasteiger partial charge in [0.2, 0.25) is 0 Å². The molecule has 0 bridgehead atoms. The van der Waals surface area contributed by atoms with Crippen LogP contribution in [0.1, 0.15) is 11.6 Å². The lowest BCUT2D eigenvalue weighted by Crippen LogP contribution is -2.17. The first-order valence-corrected chi connectivity index (χ1v) is 7.18. The Hall–Kier alpha value is -1.98. The Morgan fingerprint density at radius 3 is 2.95 bits per heavy atom. The van der Waals surface area contributed by atoms with E-state index in [2.05, 4.69) is 4.98 Å². The normalized spacial score (nSPS) is 12.5. The van der Waals surface area contributed by atoms with Crippen LogP contribution in [0.3, 0.4) is 0 Å². The van der Waals surface area contributed by atoms with Crippen molar-refractivity contribution in [3.63, 3.8) is 0 Å². The number of thiophene rings is 1. The third-order valence-electron chi connectivity index (χ3n) is 3.13. The Kier molecular flexibility index (Phi) is 3.62. The van der Waals surface area contributed by atoms with E-state index in [4.69, 9.17) is 5.73 Å². The third kappa shape index (κ3) is 2.64. The second-order valence-corrected chi connectivity index (χ2v) is 5.49. The molecule has 0 fully saturated rings. The maximum atomic E-state index is 13.2. The third-order valence-corrected chi connectivity index (χ3v) is 3.99. The average molecular weight is 287 g/mol. The lowest BCUT2D eigenvalue weighted by molar-refractivity contribution is 0.571. The molecule has 0 aliphatic rings. The van der Waals surface area contributed by atoms with Crippen molar-refractivity contribution in [2.24, 2.45) is 5.73 Å². The van der Waals surface area contributed by atoms with Crippen molar-refractivity contribution in [2.75, 3.05) is 0 Å². The minimum Gasteiger partial charge on any atom is -0.328 e. The van der Waals surface area contributed by atoms with Gasteiger partial charge >= 0.3 is 0 Å². The number of rotatable bonds is 4. The molecule has 1 unspecified atom stereocenters. The highest BCUT2D eigenvalue weighted by molar-refractivity contribution is 7.13. The molecule has 2 heterocycles. The van der Waals surface area contributed by atoms with Gasteiger partial charge < -0.3 is 10.3 Å². The van der Waals surface area contributed by atoms with Gasteiger partial charge in [-0.05, 0) is 29.1 Å². The van der Waals surface area contributed by atoms with Gasteiger partial charge in [-0.15, -0.1) is 11.3 Å². The number of halogens is 1. The van der Waals surface area contributed by atoms with Gasteiger partial charge in [-0.3, -0.25) is 0 Å². The largest absolute Gasteiger partial charge is 0.328 e. The molecule has 3 rings (SSSR count). The fourth-order valence-electron chi connectivity index (χ4n) is 2.14. The van der Waals surface area contributed by atoms with Crippen LogP contribution < -0.4 is 5.73 Å². The second kappa shape index (κ2) is 5.56. The Morgan fingerprint density at radius 2 is 2.20 bits per heavy atom. The summed E-state index contributed by atoms with van der Waals surface area (Å²) in [6.45, 7) is 0.566. The summed E-state index contributed by atoms with van der Waals surface area (Å²) in [6, 6.07) is 10.2. The minimum atomic E-state index is -0.265. The van der Waals surface area contributed by atoms with E-state index >= 15 is 0 Å². The molecular formula is C15H14FN3S. The molecule has 0 spiro atoms. The zero-order chi connectivity index (χ0) is 13.9. The predicted octanol–water partition coefficient (Wildman–Crippen LogP) is 3.45. The van der Waals surface area contributed by atoms with Crippen molar-refractivity contribution in [3.05, 3.63) is 65.6 Å². The molecule has 2 N–H and O–H groups in total. The van der Waals surface area contributed by atoms with Crippen LogP contribution in [-0.4, -0.2) is 9.55 Å². The van der Waals surface area contributed by atoms with E-state index in [-0.39, 0.29) is 11.9 Å². The predicted molar refractivity (Wildman–Crippen MR) is 78.9 cm³/mol. The molecule has 0 aliphatic carbocycles. The quantitative estimate of drug-likeness (QED) is 0.798. The molecule has 0 amide bonds. The summed E-state index contributed by atoms with van der Waals surface area (Å²) in [6.07, 6.45) is 3.65. The van der Waals surface area contributed by atoms with E-state index in [1.54, 1.807) is 23.6 Å². The van der Waals surface area contributed by atoms with Crippen molar-refractivity contribution in [1.82, 2.24) is 9.55 Å². The molecule has 1 atom stereocenters. The van der Waals surface area contributed by atoms with Crippen LogP contribution >= 0.6 is 11.3 Å². The number of hydrogen-bond donors (Lipinski definition) is 1. The van der Waals surface area contributed by atoms with Crippen LogP contribution in [-0.2, 0) is 6.54 Å². The molecule has 3 nitrogen and oxygen atoms in total. The topological polar surface area (TPSA) is 43.8 Å². The highest BCUT2D eigenvalue weighted by Crippen LogP contribution is 2.24. The molecular weight excluding hydrogens is 273 g/mol. The first-order valence-electron chi connectivity index (χ1n) is 6.30. The molecule has 5 heteroatoms. The summed E-state index contributed by atoms with van der Waals surface area (Å²) < 4.78 is 15.2. The van der Waals surface area contributed by atoms with E-state index < -0.39 is 0 Å². The fraction of sp³-hybridized carbons (Fsp3) is 0.133. The zero-order valence-electron chi connectivity index (χ0n) is 10.7. The first-order chi connectivity index (χ1) is 9.74. The molecule has 102 valence electrons. The molecule has 0 saturated carbocycles. The van der Waals surface area contributed by atoms with E-state index in [1.807, 2.05) is 34.3 Å². The van der Waals surface area contributed by atoms with Crippen LogP contribution in [0.4, 0.5) is 4.39 Å². The van der Waals surface area contributed by atoms with Gasteiger partial charge in [0.15, 0.2) is 0 Å². The lowest BCUT2D eigenvalue weighted by atomic mass is 10.1. The Morgan fingerprint density at radius 1 is 1.30 bits per heavy atom. The number of imidazole rings is 1. The van der Waals surface area contributed by atoms with E-state index in [9.17, 15) is 4.39 Å². The van der Waals surface area contributed by atoms with Crippen molar-refractivity contribution in [1.29, 1.82) is 0 Å². The van der Waals surface area contributed by atoms with Crippen molar-refractivity contribution >= 4 is 11.3 Å². The number of aromatic nitrogens is 2. The molecule has 1 aromatic carbocycles. The number of hydrogen-bond acceptors (Lipinski definition) is 3. The van der Waals surface area contributed by atoms with Gasteiger partial charge in [0.05, 0.1) is 4.88 Å². The smallest absolute Gasteiger partial charge is 0.150 e. The molecule has 0 aliphatic heterocycles. The maximum absolute atomic E-state index is 13.2. The van der Waals surface area contributed by atoms with Gasteiger partial charge in [-0.2, -0.15) is 0 Å². The van der Waals surface area contributed by atoms with Crippen molar-refractivity contribution < 1.29 is 4.39 Å². The lowest BCUT2D eigenvalue weighted by Gasteiger charge is -2.14. The number of nitrogens with zero attached hydrogens (tertiary/aromatic N) is 2. The minimum absolute atomic E-state index is 0.262. The number of benzene rings is 1. The first kappa shape index (κ1) is 13.0. The van der Waals surface area contributed by atoms with Gasteiger partial charge in [0, 0.05) is 25.0 Å². The van der Waals surface area contributed by atoms with Crippen LogP contribution in [0.25, 0.3) is 10.7 Å². The Balaban J connectivity index is 1.84. The van der Waals surface area contributed by atoms with Gasteiger partial charge in [-0.1, -0.05) is 18.2 Å². The summed E-state index contributed by atoms with van der Waals surface area (Å²) in [7, 11) is 0. The summed E-state index contributed by atoms with van der Waals surface area (Å²) in [5, 5.41) is 2.01. The molecule has 2 aromatic heterocycles. The summed E-state index contributed by atoms with van der Waals surface area (Å²) >= 11 is 1.64. The van der Waals surface area contributed by atoms with Gasteiger partial charge in [0.1, 0.15) is 11.6 Å². The standard InChI is InChI=1S/C15H14FN3S/c16-12-4-1-3-11(9-12)13(17)10-19-7-6-18-15(19)14-5-2-8-20-14/h1-9,13H,10,17H2. The van der Waals surface area contributed by atoms with E-state index in [1.165, 1.54) is 12.1 Å². The Labute approximate surface area is 120 Å². The maximum Gasteiger partial charge on any atom is 0.150 e. The summed E-state index contributed by atoms with van der Waals surface area (Å²) in [5.41, 5.74) is 6.95. The van der Waals surface area contributed by atoms with Crippen LogP contribution in [0.5, 0.6) is 0 Å². The monoisotopic (exact) mass is 287 g/mol. The molecule has 0 saturated heterocycles. The SMILES string of the molecule is NC(Cn1ccnc1-c1cccs1)c1cccc(F)c1. The van der Waals surface area contributed by atoms with Gasteiger partial charge in [-0.25, -0.2) is 9.37 Å². The molecule has 3 aromatic rings. The highest BCUT2D eigenvalue weighted by atomic mass is 32.1. The number of nitrogens with two attached hydrogens (primary N) is 1. The van der Waals surface area contributed by atoms with Crippen molar-refractivity contribution in [3.8, 4) is 10.7 Å². The van der Waals surface area contributed by atoms with Crippen LogP contribution in [0.15, 0.2) is 54.2 Å². The van der Waals surface area contributed by atoms with Crippen LogP contribution in [0, 0.1) is 5.82 Å². The van der Waals surface area contributed by atoms with E-state index in [0.717, 1.165) is 16.3 Å². The van der Waals surface area contributed by atoms with Crippen molar-refractivity contribution in [2.45, 2.75) is 12.6 Å². The average Bonchev–Trinajstić information content (AvgIpc) is 3.08. The molecule has 20 heavy (non-hydrogen) atoms.